The monoisotopic (exact) mass is 1490 g/mol. The van der Waals surface area contributed by atoms with Crippen LogP contribution in [0.25, 0.3) is 117 Å². The van der Waals surface area contributed by atoms with E-state index in [9.17, 15) is 0 Å². The Bertz CT molecular complexity index is 5360. The van der Waals surface area contributed by atoms with E-state index in [2.05, 4.69) is 224 Å². The zero-order chi connectivity index (χ0) is 77.5. The number of rotatable bonds is 40. The first-order valence-corrected chi connectivity index (χ1v) is 44.6. The Hall–Kier alpha value is -8.97. The Kier molecular flexibility index (Phi) is 24.9. The molecule has 0 N–H and O–H groups in total. The number of hydrogen-bond donors (Lipinski definition) is 0. The highest BCUT2D eigenvalue weighted by Gasteiger charge is 2.44. The van der Waals surface area contributed by atoms with Crippen LogP contribution in [-0.4, -0.2) is 65.3 Å². The minimum atomic E-state index is -0.208. The minimum absolute atomic E-state index is 0.208. The van der Waals surface area contributed by atoms with Crippen LogP contribution in [0.3, 0.4) is 0 Å². The fraction of sp³-hybridized carbons (Fsp3) is 0.485. The van der Waals surface area contributed by atoms with Gasteiger partial charge >= 0.3 is 0 Å². The SMILES string of the molecule is CCCCC(CC)Cc1nc(CC(CC)CCCC)nc(-c2cccc3c2c2ccccc2n3-c2ccc3c4c2-n2c5ccccc5c5c(-c6nc(CC(CC)CCCC)nc(CC(CC)CCCC)n6)ccc(c52)B4c2ccc(-c4nc(CC(CC)CCCC)nc(CC(CC)CCCC)n4)c4c5ccccc5n-3c24)n1. The smallest absolute Gasteiger partial charge is 0.252 e. The molecule has 6 atom stereocenters. The van der Waals surface area contributed by atoms with Gasteiger partial charge in [-0.3, -0.25) is 0 Å². The van der Waals surface area contributed by atoms with Crippen molar-refractivity contribution in [1.29, 1.82) is 0 Å². The zero-order valence-corrected chi connectivity index (χ0v) is 69.7. The molecule has 0 amide bonds. The molecule has 582 valence electrons. The summed E-state index contributed by atoms with van der Waals surface area (Å²) >= 11 is 0. The number of fused-ring (bicyclic) bond motifs is 13. The van der Waals surface area contributed by atoms with Gasteiger partial charge in [-0.15, -0.1) is 0 Å². The van der Waals surface area contributed by atoms with E-state index in [1.165, 1.54) is 187 Å². The van der Waals surface area contributed by atoms with Gasteiger partial charge in [-0.2, -0.15) is 0 Å². The van der Waals surface area contributed by atoms with Crippen molar-refractivity contribution < 1.29 is 0 Å². The quantitative estimate of drug-likeness (QED) is 0.0345. The van der Waals surface area contributed by atoms with Crippen molar-refractivity contribution in [2.45, 2.75) is 276 Å². The molecule has 2 aliphatic rings. The van der Waals surface area contributed by atoms with Crippen molar-refractivity contribution in [3.8, 4) is 51.2 Å². The molecule has 0 fully saturated rings. The van der Waals surface area contributed by atoms with Gasteiger partial charge < -0.3 is 13.7 Å². The van der Waals surface area contributed by atoms with E-state index >= 15 is 0 Å². The second-order valence-corrected chi connectivity index (χ2v) is 33.6. The number of aromatic nitrogens is 12. The number of unbranched alkanes of at least 4 members (excludes halogenated alkanes) is 6. The van der Waals surface area contributed by atoms with Gasteiger partial charge in [0.05, 0.1) is 44.5 Å². The maximum atomic E-state index is 5.71. The topological polar surface area (TPSA) is 131 Å². The second kappa shape index (κ2) is 35.6. The molecule has 13 heteroatoms. The number of nitrogens with zero attached hydrogens (tertiary/aromatic N) is 12. The van der Waals surface area contributed by atoms with Crippen molar-refractivity contribution >= 4 is 88.5 Å². The Labute approximate surface area is 667 Å². The second-order valence-electron chi connectivity index (χ2n) is 33.6. The lowest BCUT2D eigenvalue weighted by Crippen LogP contribution is -2.59. The van der Waals surface area contributed by atoms with E-state index in [-0.39, 0.29) is 6.71 Å². The lowest BCUT2D eigenvalue weighted by molar-refractivity contribution is 0.427. The molecular weight excluding hydrogens is 1370 g/mol. The molecule has 0 saturated heterocycles. The van der Waals surface area contributed by atoms with Crippen molar-refractivity contribution in [1.82, 2.24) is 58.6 Å². The van der Waals surface area contributed by atoms with Crippen LogP contribution in [0, 0.1) is 35.5 Å². The molecule has 0 aliphatic carbocycles. The van der Waals surface area contributed by atoms with Crippen LogP contribution in [0.2, 0.25) is 0 Å². The van der Waals surface area contributed by atoms with Gasteiger partial charge in [0, 0.05) is 93.2 Å². The third-order valence-electron chi connectivity index (χ3n) is 26.2. The normalized spacial score (nSPS) is 14.2. The van der Waals surface area contributed by atoms with Crippen molar-refractivity contribution in [3.63, 3.8) is 0 Å². The highest BCUT2D eigenvalue weighted by atomic mass is 15.1. The maximum Gasteiger partial charge on any atom is 0.252 e. The average Bonchev–Trinajstić information content (AvgIpc) is 1.45. The zero-order valence-electron chi connectivity index (χ0n) is 69.7. The Balaban J connectivity index is 1.02. The highest BCUT2D eigenvalue weighted by Crippen LogP contribution is 2.47. The van der Waals surface area contributed by atoms with Crippen LogP contribution < -0.4 is 16.4 Å². The first-order valence-electron chi connectivity index (χ1n) is 44.6. The van der Waals surface area contributed by atoms with Gasteiger partial charge in [0.15, 0.2) is 17.5 Å². The van der Waals surface area contributed by atoms with Gasteiger partial charge in [-0.05, 0) is 88.3 Å². The fourth-order valence-electron chi connectivity index (χ4n) is 19.5. The van der Waals surface area contributed by atoms with Crippen molar-refractivity contribution in [2.24, 2.45) is 35.5 Å². The highest BCUT2D eigenvalue weighted by molar-refractivity contribution is 7.00. The molecule has 6 unspecified atom stereocenters. The molecule has 12 nitrogen and oxygen atoms in total. The van der Waals surface area contributed by atoms with Gasteiger partial charge in [0.1, 0.15) is 34.9 Å². The van der Waals surface area contributed by atoms with E-state index in [4.69, 9.17) is 44.9 Å². The minimum Gasteiger partial charge on any atom is -0.310 e. The number of hydrogen-bond acceptors (Lipinski definition) is 9. The molecule has 15 rings (SSSR count). The van der Waals surface area contributed by atoms with Gasteiger partial charge in [0.2, 0.25) is 0 Å². The Morgan fingerprint density at radius 3 is 0.938 bits per heavy atom. The molecule has 2 aliphatic heterocycles. The molecule has 13 aromatic rings. The van der Waals surface area contributed by atoms with Crippen LogP contribution >= 0.6 is 0 Å². The average molecular weight is 1490 g/mol. The van der Waals surface area contributed by atoms with E-state index in [0.29, 0.717) is 35.5 Å². The van der Waals surface area contributed by atoms with E-state index in [0.717, 1.165) is 174 Å². The lowest BCUT2D eigenvalue weighted by Gasteiger charge is -2.35. The molecule has 0 bridgehead atoms. The molecule has 8 heterocycles. The fourth-order valence-corrected chi connectivity index (χ4v) is 19.5. The predicted octanol–water partition coefficient (Wildman–Crippen LogP) is 24.2. The van der Waals surface area contributed by atoms with Gasteiger partial charge in [0.25, 0.3) is 6.71 Å². The van der Waals surface area contributed by atoms with Gasteiger partial charge in [-0.1, -0.05) is 328 Å². The van der Waals surface area contributed by atoms with Crippen LogP contribution in [0.1, 0.15) is 272 Å². The summed E-state index contributed by atoms with van der Waals surface area (Å²) in [5, 5.41) is 7.07. The summed E-state index contributed by atoms with van der Waals surface area (Å²) in [6.45, 7) is 27.7. The molecule has 0 radical (unpaired) electrons. The van der Waals surface area contributed by atoms with Crippen LogP contribution in [0.4, 0.5) is 0 Å². The molecule has 7 aromatic carbocycles. The third-order valence-corrected chi connectivity index (χ3v) is 26.2. The molecular formula is C99H123BN12. The lowest BCUT2D eigenvalue weighted by atomic mass is 9.34. The summed E-state index contributed by atoms with van der Waals surface area (Å²) in [5.74, 6) is 10.9. The molecule has 112 heavy (non-hydrogen) atoms. The summed E-state index contributed by atoms with van der Waals surface area (Å²) in [6, 6.07) is 49.1. The molecule has 0 spiro atoms. The first-order chi connectivity index (χ1) is 55.0. The van der Waals surface area contributed by atoms with Crippen molar-refractivity contribution in [3.05, 3.63) is 162 Å². The Morgan fingerprint density at radius 2 is 0.580 bits per heavy atom. The number of benzene rings is 7. The summed E-state index contributed by atoms with van der Waals surface area (Å²) in [6.07, 6.45) is 33.0. The predicted molar refractivity (Wildman–Crippen MR) is 473 cm³/mol. The van der Waals surface area contributed by atoms with Crippen LogP contribution in [0.5, 0.6) is 0 Å². The summed E-state index contributed by atoms with van der Waals surface area (Å²) < 4.78 is 7.90. The molecule has 6 aromatic heterocycles. The van der Waals surface area contributed by atoms with E-state index in [1.807, 2.05) is 0 Å². The van der Waals surface area contributed by atoms with Crippen molar-refractivity contribution in [2.75, 3.05) is 0 Å². The van der Waals surface area contributed by atoms with Crippen LogP contribution in [-0.2, 0) is 38.5 Å². The summed E-state index contributed by atoms with van der Waals surface area (Å²) in [5.41, 5.74) is 17.4. The number of para-hydroxylation sites is 3. The van der Waals surface area contributed by atoms with E-state index < -0.39 is 0 Å². The first kappa shape index (κ1) is 78.3. The van der Waals surface area contributed by atoms with E-state index in [1.54, 1.807) is 0 Å². The summed E-state index contributed by atoms with van der Waals surface area (Å²) in [4.78, 5) is 50.3. The molecule has 0 saturated carbocycles. The largest absolute Gasteiger partial charge is 0.310 e. The standard InChI is InChI=1S/C99H123BN12/c1-13-25-38-64(19-7)58-84-101-85(59-65(20-8)39-26-14-2)105-97(104-84)73-47-37-51-81-90(73)70-44-31-34-48-78(70)110(81)83-57-56-82-93-96(83)112-80-50-36-33-46-72(80)92-75(99-108-88(62-68(23-11)42-29-17-5)103-89(109-99)63-69(24-12)43-30-18-6)53-55-77(95(92)112)100(93)76-54-52-74(91-71-45-32-35-49-79(71)111(82)94(76)91)98-106-86(60-66(21-9)40-27-15-3)102-87(107-98)61-67(22-10)41-28-16-4/h31-37,44-57,64-69H,13-30,38-43,58-63H2,1-12H3. The summed E-state index contributed by atoms with van der Waals surface area (Å²) in [7, 11) is 0. The van der Waals surface area contributed by atoms with Crippen LogP contribution in [0.15, 0.2) is 127 Å². The maximum absolute atomic E-state index is 5.71. The van der Waals surface area contributed by atoms with Gasteiger partial charge in [-0.25, -0.2) is 44.9 Å². The third kappa shape index (κ3) is 15.3. The Morgan fingerprint density at radius 1 is 0.277 bits per heavy atom.